The maximum atomic E-state index is 11.3. The molecule has 5 heteroatoms. The number of aliphatic hydroxyl groups is 1. The molecule has 0 heterocycles. The molecule has 134 valence electrons. The Kier molecular flexibility index (Phi) is 6.83. The summed E-state index contributed by atoms with van der Waals surface area (Å²) in [5, 5.41) is 8.91. The molecule has 5 nitrogen and oxygen atoms in total. The van der Waals surface area contributed by atoms with Crippen molar-refractivity contribution in [1.29, 1.82) is 0 Å². The molecule has 0 fully saturated rings. The number of esters is 1. The summed E-state index contributed by atoms with van der Waals surface area (Å²) in [6, 6.07) is 11.7. The van der Waals surface area contributed by atoms with Crippen LogP contribution in [0.4, 0.5) is 0 Å². The fourth-order valence-electron chi connectivity index (χ4n) is 2.58. The zero-order chi connectivity index (χ0) is 18.2. The van der Waals surface area contributed by atoms with Gasteiger partial charge >= 0.3 is 5.97 Å². The zero-order valence-corrected chi connectivity index (χ0v) is 14.9. The van der Waals surface area contributed by atoms with E-state index in [-0.39, 0.29) is 25.8 Å². The molecule has 1 N–H and O–H groups in total. The normalized spacial score (nSPS) is 10.4. The van der Waals surface area contributed by atoms with E-state index in [0.29, 0.717) is 12.4 Å². The van der Waals surface area contributed by atoms with Gasteiger partial charge in [0.15, 0.2) is 6.61 Å². The lowest BCUT2D eigenvalue weighted by Crippen LogP contribution is -2.14. The first-order valence-electron chi connectivity index (χ1n) is 8.29. The van der Waals surface area contributed by atoms with Gasteiger partial charge in [-0.2, -0.15) is 0 Å². The summed E-state index contributed by atoms with van der Waals surface area (Å²) in [5.41, 5.74) is 4.16. The molecule has 0 amide bonds. The Balaban J connectivity index is 2.10. The highest BCUT2D eigenvalue weighted by Crippen LogP contribution is 2.31. The fourth-order valence-corrected chi connectivity index (χ4v) is 2.58. The van der Waals surface area contributed by atoms with Crippen molar-refractivity contribution in [1.82, 2.24) is 0 Å². The highest BCUT2D eigenvalue weighted by atomic mass is 16.6. The van der Waals surface area contributed by atoms with Crippen LogP contribution in [0.3, 0.4) is 0 Å². The van der Waals surface area contributed by atoms with Crippen molar-refractivity contribution in [2.24, 2.45) is 0 Å². The second-order valence-corrected chi connectivity index (χ2v) is 5.63. The van der Waals surface area contributed by atoms with Crippen molar-refractivity contribution < 1.29 is 24.1 Å². The molecule has 0 aliphatic carbocycles. The lowest BCUT2D eigenvalue weighted by Gasteiger charge is -2.14. The number of hydrogen-bond acceptors (Lipinski definition) is 5. The van der Waals surface area contributed by atoms with Crippen LogP contribution in [-0.4, -0.2) is 37.5 Å². The molecular formula is C20H24O5. The van der Waals surface area contributed by atoms with Crippen LogP contribution >= 0.6 is 0 Å². The van der Waals surface area contributed by atoms with Gasteiger partial charge in [-0.05, 0) is 67.3 Å². The van der Waals surface area contributed by atoms with Gasteiger partial charge in [-0.3, -0.25) is 0 Å². The standard InChI is InChI=1S/C20H24O5/c1-4-23-19(22)13-25-18-7-5-16(6-8-18)17-11-14(2)20(15(3)12-17)24-10-9-21/h5-8,11-12,21H,4,9-10,13H2,1-3H3. The molecule has 0 atom stereocenters. The summed E-state index contributed by atoms with van der Waals surface area (Å²) in [6.07, 6.45) is 0. The number of carbonyl (C=O) groups is 1. The van der Waals surface area contributed by atoms with Crippen LogP contribution in [0.1, 0.15) is 18.1 Å². The van der Waals surface area contributed by atoms with Crippen LogP contribution in [0.25, 0.3) is 11.1 Å². The minimum atomic E-state index is -0.378. The minimum absolute atomic E-state index is 0.00606. The zero-order valence-electron chi connectivity index (χ0n) is 14.9. The first kappa shape index (κ1) is 18.8. The van der Waals surface area contributed by atoms with Crippen molar-refractivity contribution in [3.8, 4) is 22.6 Å². The second-order valence-electron chi connectivity index (χ2n) is 5.63. The van der Waals surface area contributed by atoms with Gasteiger partial charge in [0.05, 0.1) is 13.2 Å². The number of aliphatic hydroxyl groups excluding tert-OH is 1. The van der Waals surface area contributed by atoms with Gasteiger partial charge < -0.3 is 19.3 Å². The van der Waals surface area contributed by atoms with Crippen molar-refractivity contribution in [2.75, 3.05) is 26.4 Å². The van der Waals surface area contributed by atoms with E-state index in [4.69, 9.17) is 19.3 Å². The Bertz CT molecular complexity index is 684. The number of hydrogen-bond donors (Lipinski definition) is 1. The smallest absolute Gasteiger partial charge is 0.344 e. The average Bonchev–Trinajstić information content (AvgIpc) is 2.60. The predicted octanol–water partition coefficient (Wildman–Crippen LogP) is 3.28. The highest BCUT2D eigenvalue weighted by molar-refractivity contribution is 5.71. The molecule has 0 spiro atoms. The van der Waals surface area contributed by atoms with E-state index in [0.717, 1.165) is 28.0 Å². The quantitative estimate of drug-likeness (QED) is 0.745. The van der Waals surface area contributed by atoms with Crippen LogP contribution in [0, 0.1) is 13.8 Å². The lowest BCUT2D eigenvalue weighted by atomic mass is 9.99. The summed E-state index contributed by atoms with van der Waals surface area (Å²) in [4.78, 5) is 11.3. The molecule has 2 aromatic carbocycles. The third kappa shape index (κ3) is 5.22. The third-order valence-electron chi connectivity index (χ3n) is 3.65. The summed E-state index contributed by atoms with van der Waals surface area (Å²) in [5.74, 6) is 1.05. The Morgan fingerprint density at radius 2 is 1.64 bits per heavy atom. The number of rotatable bonds is 8. The van der Waals surface area contributed by atoms with E-state index >= 15 is 0 Å². The Morgan fingerprint density at radius 3 is 2.20 bits per heavy atom. The fraction of sp³-hybridized carbons (Fsp3) is 0.350. The number of aryl methyl sites for hydroxylation is 2. The van der Waals surface area contributed by atoms with Crippen molar-refractivity contribution >= 4 is 5.97 Å². The van der Waals surface area contributed by atoms with E-state index in [9.17, 15) is 4.79 Å². The molecule has 0 aliphatic heterocycles. The predicted molar refractivity (Wildman–Crippen MR) is 96.1 cm³/mol. The highest BCUT2D eigenvalue weighted by Gasteiger charge is 2.09. The summed E-state index contributed by atoms with van der Waals surface area (Å²) in [6.45, 7) is 6.26. The Labute approximate surface area is 148 Å². The van der Waals surface area contributed by atoms with E-state index < -0.39 is 0 Å². The van der Waals surface area contributed by atoms with Crippen LogP contribution in [0.2, 0.25) is 0 Å². The summed E-state index contributed by atoms with van der Waals surface area (Å²) < 4.78 is 15.8. The molecule has 0 radical (unpaired) electrons. The number of benzene rings is 2. The first-order valence-corrected chi connectivity index (χ1v) is 8.29. The maximum absolute atomic E-state index is 11.3. The number of carbonyl (C=O) groups excluding carboxylic acids is 1. The molecule has 25 heavy (non-hydrogen) atoms. The van der Waals surface area contributed by atoms with Crippen molar-refractivity contribution in [2.45, 2.75) is 20.8 Å². The second kappa shape index (κ2) is 9.08. The molecule has 2 aromatic rings. The van der Waals surface area contributed by atoms with E-state index in [2.05, 4.69) is 0 Å². The van der Waals surface area contributed by atoms with Crippen LogP contribution in [-0.2, 0) is 9.53 Å². The van der Waals surface area contributed by atoms with Crippen LogP contribution in [0.5, 0.6) is 11.5 Å². The molecular weight excluding hydrogens is 320 g/mol. The topological polar surface area (TPSA) is 65.0 Å². The molecule has 0 saturated carbocycles. The van der Waals surface area contributed by atoms with Crippen LogP contribution in [0.15, 0.2) is 36.4 Å². The molecule has 0 unspecified atom stereocenters. The molecule has 0 aromatic heterocycles. The summed E-state index contributed by atoms with van der Waals surface area (Å²) >= 11 is 0. The molecule has 0 saturated heterocycles. The van der Waals surface area contributed by atoms with Gasteiger partial charge in [-0.25, -0.2) is 4.79 Å². The van der Waals surface area contributed by atoms with Gasteiger partial charge in [-0.15, -0.1) is 0 Å². The van der Waals surface area contributed by atoms with E-state index in [1.807, 2.05) is 50.2 Å². The Hall–Kier alpha value is -2.53. The maximum Gasteiger partial charge on any atom is 0.344 e. The third-order valence-corrected chi connectivity index (χ3v) is 3.65. The lowest BCUT2D eigenvalue weighted by molar-refractivity contribution is -0.145. The van der Waals surface area contributed by atoms with Gasteiger partial charge in [-0.1, -0.05) is 12.1 Å². The molecule has 0 aliphatic rings. The Morgan fingerprint density at radius 1 is 1.00 bits per heavy atom. The minimum Gasteiger partial charge on any atom is -0.491 e. The van der Waals surface area contributed by atoms with Crippen LogP contribution < -0.4 is 9.47 Å². The summed E-state index contributed by atoms with van der Waals surface area (Å²) in [7, 11) is 0. The SMILES string of the molecule is CCOC(=O)COc1ccc(-c2cc(C)c(OCCO)c(C)c2)cc1. The van der Waals surface area contributed by atoms with Gasteiger partial charge in [0, 0.05) is 0 Å². The van der Waals surface area contributed by atoms with Crippen molar-refractivity contribution in [3.05, 3.63) is 47.5 Å². The monoisotopic (exact) mass is 344 g/mol. The van der Waals surface area contributed by atoms with E-state index in [1.54, 1.807) is 6.92 Å². The van der Waals surface area contributed by atoms with E-state index in [1.165, 1.54) is 0 Å². The van der Waals surface area contributed by atoms with Gasteiger partial charge in [0.1, 0.15) is 18.1 Å². The largest absolute Gasteiger partial charge is 0.491 e. The first-order chi connectivity index (χ1) is 12.0. The average molecular weight is 344 g/mol. The van der Waals surface area contributed by atoms with Crippen molar-refractivity contribution in [3.63, 3.8) is 0 Å². The van der Waals surface area contributed by atoms with Gasteiger partial charge in [0.2, 0.25) is 0 Å². The van der Waals surface area contributed by atoms with Gasteiger partial charge in [0.25, 0.3) is 0 Å². The molecule has 0 bridgehead atoms. The number of ether oxygens (including phenoxy) is 3. The molecule has 2 rings (SSSR count).